The van der Waals surface area contributed by atoms with E-state index >= 15 is 0 Å². The van der Waals surface area contributed by atoms with Gasteiger partial charge < -0.3 is 0 Å². The van der Waals surface area contributed by atoms with Crippen molar-refractivity contribution in [3.63, 3.8) is 0 Å². The molecule has 0 aliphatic carbocycles. The third-order valence-electron chi connectivity index (χ3n) is 2.14. The summed E-state index contributed by atoms with van der Waals surface area (Å²) >= 11 is 3.24. The fourth-order valence-electron chi connectivity index (χ4n) is 1.39. The molecule has 0 bridgehead atoms. The van der Waals surface area contributed by atoms with Gasteiger partial charge in [0, 0.05) is 29.0 Å². The zero-order valence-electron chi connectivity index (χ0n) is 8.37. The van der Waals surface area contributed by atoms with Gasteiger partial charge in [0.05, 0.1) is 10.6 Å². The smallest absolute Gasteiger partial charge is 0.270 e. The molecule has 0 saturated carbocycles. The molecule has 84 valence electrons. The van der Waals surface area contributed by atoms with Crippen molar-refractivity contribution in [3.8, 4) is 11.8 Å². The van der Waals surface area contributed by atoms with Gasteiger partial charge in [0.1, 0.15) is 6.07 Å². The zero-order valence-corrected chi connectivity index (χ0v) is 9.96. The minimum absolute atomic E-state index is 0.0146. The van der Waals surface area contributed by atoms with Crippen molar-refractivity contribution in [3.05, 3.63) is 51.0 Å². The minimum atomic E-state index is -0.479. The number of benzene rings is 1. The molecular weight excluding hydrogens is 288 g/mol. The largest absolute Gasteiger partial charge is 0.290 e. The van der Waals surface area contributed by atoms with Crippen LogP contribution in [0, 0.1) is 21.4 Å². The van der Waals surface area contributed by atoms with Crippen molar-refractivity contribution in [1.82, 2.24) is 9.55 Å². The first-order chi connectivity index (χ1) is 8.13. The molecule has 0 saturated heterocycles. The molecule has 2 rings (SSSR count). The summed E-state index contributed by atoms with van der Waals surface area (Å²) in [7, 11) is 0. The number of imidazole rings is 1. The monoisotopic (exact) mass is 292 g/mol. The van der Waals surface area contributed by atoms with Crippen LogP contribution in [-0.2, 0) is 0 Å². The van der Waals surface area contributed by atoms with Gasteiger partial charge in [-0.05, 0) is 22.0 Å². The number of nitro groups is 1. The normalized spacial score (nSPS) is 9.88. The Morgan fingerprint density at radius 3 is 2.88 bits per heavy atom. The molecule has 0 unspecified atom stereocenters. The van der Waals surface area contributed by atoms with E-state index in [-0.39, 0.29) is 11.5 Å². The van der Waals surface area contributed by atoms with E-state index in [1.54, 1.807) is 16.8 Å². The second-order valence-corrected chi connectivity index (χ2v) is 3.98. The van der Waals surface area contributed by atoms with Gasteiger partial charge in [0.15, 0.2) is 0 Å². The SMILES string of the molecule is N#Cc1nccn1-c1ccc([N+](=O)[O-])cc1Br. The molecule has 0 N–H and O–H groups in total. The summed E-state index contributed by atoms with van der Waals surface area (Å²) in [6, 6.07) is 6.26. The molecule has 0 aliphatic rings. The van der Waals surface area contributed by atoms with Gasteiger partial charge in [0.25, 0.3) is 5.69 Å². The maximum atomic E-state index is 10.6. The summed E-state index contributed by atoms with van der Waals surface area (Å²) in [5, 5.41) is 19.4. The second-order valence-electron chi connectivity index (χ2n) is 3.13. The number of non-ortho nitro benzene ring substituents is 1. The van der Waals surface area contributed by atoms with Crippen LogP contribution in [-0.4, -0.2) is 14.5 Å². The third-order valence-corrected chi connectivity index (χ3v) is 2.78. The van der Waals surface area contributed by atoms with Gasteiger partial charge in [0.2, 0.25) is 5.82 Å². The molecule has 1 aromatic carbocycles. The molecule has 2 aromatic rings. The average molecular weight is 293 g/mol. The van der Waals surface area contributed by atoms with E-state index in [9.17, 15) is 10.1 Å². The number of nitrogens with zero attached hydrogens (tertiary/aromatic N) is 4. The van der Waals surface area contributed by atoms with E-state index < -0.39 is 4.92 Å². The van der Waals surface area contributed by atoms with Gasteiger partial charge in [-0.25, -0.2) is 4.98 Å². The quantitative estimate of drug-likeness (QED) is 0.628. The number of hydrogen-bond donors (Lipinski definition) is 0. The Hall–Kier alpha value is -2.20. The molecule has 0 radical (unpaired) electrons. The van der Waals surface area contributed by atoms with Crippen LogP contribution in [0.15, 0.2) is 35.1 Å². The maximum absolute atomic E-state index is 10.6. The highest BCUT2D eigenvalue weighted by molar-refractivity contribution is 9.10. The molecule has 6 nitrogen and oxygen atoms in total. The Morgan fingerprint density at radius 1 is 1.53 bits per heavy atom. The number of nitriles is 1. The predicted molar refractivity (Wildman–Crippen MR) is 62.6 cm³/mol. The van der Waals surface area contributed by atoms with Gasteiger partial charge in [-0.2, -0.15) is 5.26 Å². The Balaban J connectivity index is 2.55. The third kappa shape index (κ3) is 2.03. The zero-order chi connectivity index (χ0) is 12.4. The van der Waals surface area contributed by atoms with E-state index in [0.717, 1.165) is 0 Å². The van der Waals surface area contributed by atoms with Crippen LogP contribution in [0.5, 0.6) is 0 Å². The summed E-state index contributed by atoms with van der Waals surface area (Å²) in [6.45, 7) is 0. The highest BCUT2D eigenvalue weighted by atomic mass is 79.9. The molecule has 7 heteroatoms. The second kappa shape index (κ2) is 4.35. The summed E-state index contributed by atoms with van der Waals surface area (Å²) in [6.07, 6.45) is 3.11. The van der Waals surface area contributed by atoms with Gasteiger partial charge >= 0.3 is 0 Å². The first-order valence-electron chi connectivity index (χ1n) is 4.51. The summed E-state index contributed by atoms with van der Waals surface area (Å²) in [4.78, 5) is 14.0. The Morgan fingerprint density at radius 2 is 2.29 bits per heavy atom. The van der Waals surface area contributed by atoms with E-state index in [2.05, 4.69) is 20.9 Å². The van der Waals surface area contributed by atoms with Crippen LogP contribution in [0.3, 0.4) is 0 Å². The van der Waals surface area contributed by atoms with Crippen molar-refractivity contribution in [2.75, 3.05) is 0 Å². The standard InChI is InChI=1S/C10H5BrN4O2/c11-8-5-7(15(16)17)1-2-9(8)14-4-3-13-10(14)6-12/h1-5H. The number of hydrogen-bond acceptors (Lipinski definition) is 4. The number of rotatable bonds is 2. The lowest BCUT2D eigenvalue weighted by Crippen LogP contribution is -1.98. The van der Waals surface area contributed by atoms with Crippen LogP contribution in [0.4, 0.5) is 5.69 Å². The van der Waals surface area contributed by atoms with Crippen LogP contribution >= 0.6 is 15.9 Å². The van der Waals surface area contributed by atoms with E-state index in [1.807, 2.05) is 6.07 Å². The fourth-order valence-corrected chi connectivity index (χ4v) is 1.94. The van der Waals surface area contributed by atoms with Gasteiger partial charge in [-0.3, -0.25) is 14.7 Å². The highest BCUT2D eigenvalue weighted by Gasteiger charge is 2.12. The summed E-state index contributed by atoms with van der Waals surface area (Å²) in [5.41, 5.74) is 0.615. The molecule has 0 fully saturated rings. The van der Waals surface area contributed by atoms with E-state index in [4.69, 9.17) is 5.26 Å². The molecule has 0 atom stereocenters. The lowest BCUT2D eigenvalue weighted by atomic mass is 10.3. The van der Waals surface area contributed by atoms with Crippen LogP contribution in [0.2, 0.25) is 0 Å². The minimum Gasteiger partial charge on any atom is -0.290 e. The van der Waals surface area contributed by atoms with Gasteiger partial charge in [-0.15, -0.1) is 0 Å². The Bertz CT molecular complexity index is 629. The fraction of sp³-hybridized carbons (Fsp3) is 0. The van der Waals surface area contributed by atoms with E-state index in [1.165, 1.54) is 18.3 Å². The van der Waals surface area contributed by atoms with Crippen molar-refractivity contribution in [2.24, 2.45) is 0 Å². The topological polar surface area (TPSA) is 84.8 Å². The van der Waals surface area contributed by atoms with Gasteiger partial charge in [-0.1, -0.05) is 0 Å². The molecule has 0 spiro atoms. The first kappa shape index (κ1) is 11.3. The Kier molecular flexibility index (Phi) is 2.89. The van der Waals surface area contributed by atoms with Crippen molar-refractivity contribution in [2.45, 2.75) is 0 Å². The molecule has 0 amide bonds. The molecule has 1 aromatic heterocycles. The van der Waals surface area contributed by atoms with Crippen molar-refractivity contribution in [1.29, 1.82) is 5.26 Å². The van der Waals surface area contributed by atoms with E-state index in [0.29, 0.717) is 10.2 Å². The molecule has 1 heterocycles. The maximum Gasteiger partial charge on any atom is 0.270 e. The highest BCUT2D eigenvalue weighted by Crippen LogP contribution is 2.26. The van der Waals surface area contributed by atoms with Crippen LogP contribution in [0.25, 0.3) is 5.69 Å². The molecule has 17 heavy (non-hydrogen) atoms. The lowest BCUT2D eigenvalue weighted by molar-refractivity contribution is -0.384. The lowest BCUT2D eigenvalue weighted by Gasteiger charge is -2.05. The van der Waals surface area contributed by atoms with Crippen molar-refractivity contribution < 1.29 is 4.92 Å². The predicted octanol–water partition coefficient (Wildman–Crippen LogP) is 2.41. The molecular formula is C10H5BrN4O2. The van der Waals surface area contributed by atoms with Crippen LogP contribution < -0.4 is 0 Å². The molecule has 0 aliphatic heterocycles. The average Bonchev–Trinajstić information content (AvgIpc) is 2.76. The van der Waals surface area contributed by atoms with Crippen LogP contribution in [0.1, 0.15) is 5.82 Å². The summed E-state index contributed by atoms with van der Waals surface area (Å²) in [5.74, 6) is 0.222. The number of nitro benzene ring substituents is 1. The first-order valence-corrected chi connectivity index (χ1v) is 5.30. The van der Waals surface area contributed by atoms with Crippen molar-refractivity contribution >= 4 is 21.6 Å². The Labute approximate surface area is 104 Å². The summed E-state index contributed by atoms with van der Waals surface area (Å²) < 4.78 is 2.08. The number of aromatic nitrogens is 2. The number of halogens is 1.